The van der Waals surface area contributed by atoms with Gasteiger partial charge in [-0.25, -0.2) is 9.38 Å². The summed E-state index contributed by atoms with van der Waals surface area (Å²) in [5.74, 6) is -0.582. The Morgan fingerprint density at radius 3 is 2.95 bits per heavy atom. The van der Waals surface area contributed by atoms with E-state index in [0.29, 0.717) is 10.7 Å². The third-order valence-corrected chi connectivity index (χ3v) is 4.51. The summed E-state index contributed by atoms with van der Waals surface area (Å²) in [4.78, 5) is 6.62. The summed E-state index contributed by atoms with van der Waals surface area (Å²) in [5, 5.41) is 0.631. The molecule has 4 heteroatoms. The average Bonchev–Trinajstić information content (AvgIpc) is 2.86. The lowest BCUT2D eigenvalue weighted by atomic mass is 9.89. The fourth-order valence-corrected chi connectivity index (χ4v) is 3.47. The zero-order valence-corrected chi connectivity index (χ0v) is 11.6. The van der Waals surface area contributed by atoms with Crippen LogP contribution in [0.15, 0.2) is 75.4 Å². The second-order valence-electron chi connectivity index (χ2n) is 5.18. The van der Waals surface area contributed by atoms with E-state index in [2.05, 4.69) is 16.0 Å². The molecule has 0 N–H and O–H groups in total. The maximum atomic E-state index is 14.2. The van der Waals surface area contributed by atoms with Crippen LogP contribution in [-0.2, 0) is 0 Å². The van der Waals surface area contributed by atoms with Crippen molar-refractivity contribution < 1.29 is 4.39 Å². The van der Waals surface area contributed by atoms with Crippen molar-refractivity contribution >= 4 is 17.3 Å². The molecule has 2 aliphatic carbocycles. The quantitative estimate of drug-likeness (QED) is 0.664. The molecule has 2 heterocycles. The van der Waals surface area contributed by atoms with Crippen molar-refractivity contribution in [3.8, 4) is 0 Å². The number of likely N-dealkylation sites (N-methyl/N-ethyl adjacent to an activating group) is 1. The molecule has 0 radical (unpaired) electrons. The normalized spacial score (nSPS) is 30.2. The van der Waals surface area contributed by atoms with Gasteiger partial charge in [-0.1, -0.05) is 42.0 Å². The summed E-state index contributed by atoms with van der Waals surface area (Å²) in [6, 6.07) is 0.0551. The summed E-state index contributed by atoms with van der Waals surface area (Å²) in [5.41, 5.74) is 3.31. The predicted molar refractivity (Wildman–Crippen MR) is 79.0 cm³/mol. The highest BCUT2D eigenvalue weighted by molar-refractivity contribution is 6.33. The van der Waals surface area contributed by atoms with Gasteiger partial charge in [-0.2, -0.15) is 0 Å². The van der Waals surface area contributed by atoms with Crippen molar-refractivity contribution in [1.29, 1.82) is 0 Å². The van der Waals surface area contributed by atoms with Crippen LogP contribution in [-0.4, -0.2) is 23.7 Å². The number of nitrogens with zero attached hydrogens (tertiary/aromatic N) is 2. The molecule has 20 heavy (non-hydrogen) atoms. The number of hydrogen-bond acceptors (Lipinski definition) is 2. The monoisotopic (exact) mass is 286 g/mol. The third kappa shape index (κ3) is 1.41. The average molecular weight is 287 g/mol. The van der Waals surface area contributed by atoms with Gasteiger partial charge < -0.3 is 4.90 Å². The molecule has 0 spiro atoms. The third-order valence-electron chi connectivity index (χ3n) is 4.11. The largest absolute Gasteiger partial charge is 0.365 e. The maximum Gasteiger partial charge on any atom is 0.115 e. The standard InChI is InChI=1S/C16H12ClFN2/c1-20-12-8-3-2-5-9(12)14(17)15-16(20)13-10(18)6-4-7-11(13)19-15/h2-8,12-13H,1H3. The van der Waals surface area contributed by atoms with Gasteiger partial charge in [0.2, 0.25) is 0 Å². The second kappa shape index (κ2) is 4.06. The highest BCUT2D eigenvalue weighted by Crippen LogP contribution is 2.46. The summed E-state index contributed by atoms with van der Waals surface area (Å²) in [7, 11) is 1.97. The summed E-state index contributed by atoms with van der Waals surface area (Å²) in [6.45, 7) is 0. The van der Waals surface area contributed by atoms with Crippen molar-refractivity contribution in [3.63, 3.8) is 0 Å². The van der Waals surface area contributed by atoms with Gasteiger partial charge in [-0.05, 0) is 17.7 Å². The molecule has 4 rings (SSSR count). The predicted octanol–water partition coefficient (Wildman–Crippen LogP) is 3.62. The van der Waals surface area contributed by atoms with Gasteiger partial charge >= 0.3 is 0 Å². The molecule has 0 aromatic heterocycles. The maximum absolute atomic E-state index is 14.2. The molecule has 0 saturated heterocycles. The van der Waals surface area contributed by atoms with Crippen LogP contribution >= 0.6 is 11.6 Å². The fourth-order valence-electron chi connectivity index (χ4n) is 3.16. The van der Waals surface area contributed by atoms with Crippen molar-refractivity contribution in [3.05, 3.63) is 70.4 Å². The summed E-state index contributed by atoms with van der Waals surface area (Å²) < 4.78 is 14.2. The lowest BCUT2D eigenvalue weighted by molar-refractivity contribution is 0.350. The fraction of sp³-hybridized carbons (Fsp3) is 0.188. The first-order valence-electron chi connectivity index (χ1n) is 6.52. The zero-order chi connectivity index (χ0) is 13.9. The Balaban J connectivity index is 1.92. The first kappa shape index (κ1) is 11.9. The molecule has 100 valence electrons. The van der Waals surface area contributed by atoms with Crippen molar-refractivity contribution in [1.82, 2.24) is 4.90 Å². The molecular weight excluding hydrogens is 275 g/mol. The molecule has 0 saturated carbocycles. The molecular formula is C16H12ClFN2. The molecule has 0 bridgehead atoms. The van der Waals surface area contributed by atoms with E-state index in [1.54, 1.807) is 6.08 Å². The van der Waals surface area contributed by atoms with E-state index in [1.807, 2.05) is 31.4 Å². The van der Waals surface area contributed by atoms with Crippen LogP contribution in [0, 0.1) is 5.92 Å². The van der Waals surface area contributed by atoms with E-state index in [9.17, 15) is 4.39 Å². The Bertz CT molecular complexity index is 719. The Labute approximate surface area is 121 Å². The van der Waals surface area contributed by atoms with Crippen molar-refractivity contribution in [2.45, 2.75) is 6.04 Å². The van der Waals surface area contributed by atoms with Crippen LogP contribution in [0.5, 0.6) is 0 Å². The molecule has 0 amide bonds. The van der Waals surface area contributed by atoms with E-state index >= 15 is 0 Å². The number of rotatable bonds is 0. The van der Waals surface area contributed by atoms with Crippen molar-refractivity contribution in [2.24, 2.45) is 10.9 Å². The summed E-state index contributed by atoms with van der Waals surface area (Å²) >= 11 is 6.51. The van der Waals surface area contributed by atoms with Crippen LogP contribution in [0.25, 0.3) is 0 Å². The molecule has 2 unspecified atom stereocenters. The lowest BCUT2D eigenvalue weighted by Crippen LogP contribution is -2.38. The number of fused-ring (bicyclic) bond motifs is 3. The van der Waals surface area contributed by atoms with Gasteiger partial charge in [0, 0.05) is 7.05 Å². The Kier molecular flexibility index (Phi) is 2.42. The van der Waals surface area contributed by atoms with Gasteiger partial charge in [0.25, 0.3) is 0 Å². The second-order valence-corrected chi connectivity index (χ2v) is 5.56. The Hall–Kier alpha value is -1.87. The lowest BCUT2D eigenvalue weighted by Gasteiger charge is -2.37. The van der Waals surface area contributed by atoms with Crippen LogP contribution in [0.4, 0.5) is 4.39 Å². The number of aliphatic imine (C=N–C) groups is 1. The molecule has 0 aromatic rings. The van der Waals surface area contributed by atoms with Gasteiger partial charge in [-0.3, -0.25) is 0 Å². The van der Waals surface area contributed by atoms with Crippen LogP contribution in [0.3, 0.4) is 0 Å². The summed E-state index contributed by atoms with van der Waals surface area (Å²) in [6.07, 6.45) is 13.1. The minimum Gasteiger partial charge on any atom is -0.365 e. The van der Waals surface area contributed by atoms with E-state index in [1.165, 1.54) is 6.08 Å². The molecule has 0 aromatic carbocycles. The first-order chi connectivity index (χ1) is 9.68. The topological polar surface area (TPSA) is 15.6 Å². The highest BCUT2D eigenvalue weighted by atomic mass is 35.5. The zero-order valence-electron chi connectivity index (χ0n) is 10.8. The minimum absolute atomic E-state index is 0.0551. The van der Waals surface area contributed by atoms with Crippen LogP contribution < -0.4 is 0 Å². The highest BCUT2D eigenvalue weighted by Gasteiger charge is 2.42. The van der Waals surface area contributed by atoms with E-state index in [0.717, 1.165) is 17.0 Å². The van der Waals surface area contributed by atoms with Crippen molar-refractivity contribution in [2.75, 3.05) is 7.05 Å². The minimum atomic E-state index is -0.408. The molecule has 2 nitrogen and oxygen atoms in total. The van der Waals surface area contributed by atoms with Crippen LogP contribution in [0.2, 0.25) is 0 Å². The number of halogens is 2. The van der Waals surface area contributed by atoms with E-state index in [4.69, 9.17) is 11.6 Å². The molecule has 0 fully saturated rings. The smallest absolute Gasteiger partial charge is 0.115 e. The Morgan fingerprint density at radius 2 is 2.10 bits per heavy atom. The molecule has 2 aliphatic heterocycles. The van der Waals surface area contributed by atoms with Gasteiger partial charge in [0.05, 0.1) is 28.4 Å². The van der Waals surface area contributed by atoms with Gasteiger partial charge in [0.1, 0.15) is 11.5 Å². The van der Waals surface area contributed by atoms with Crippen LogP contribution in [0.1, 0.15) is 0 Å². The van der Waals surface area contributed by atoms with Gasteiger partial charge in [0.15, 0.2) is 0 Å². The molecule has 2 atom stereocenters. The number of hydrogen-bond donors (Lipinski definition) is 0. The molecule has 4 aliphatic rings. The first-order valence-corrected chi connectivity index (χ1v) is 6.90. The van der Waals surface area contributed by atoms with Gasteiger partial charge in [-0.15, -0.1) is 0 Å². The number of allylic oxidation sites excluding steroid dienone is 7. The van der Waals surface area contributed by atoms with E-state index in [-0.39, 0.29) is 11.9 Å². The van der Waals surface area contributed by atoms with E-state index < -0.39 is 5.92 Å². The Morgan fingerprint density at radius 1 is 1.25 bits per heavy atom. The SMILES string of the molecule is CN1C2=C(N=C3C=CC=C(F)C32)C(Cl)=C2C=CC=CC21.